The van der Waals surface area contributed by atoms with E-state index < -0.39 is 5.82 Å². The van der Waals surface area contributed by atoms with Crippen LogP contribution in [0.3, 0.4) is 0 Å². The Labute approximate surface area is 222 Å². The van der Waals surface area contributed by atoms with Gasteiger partial charge in [0.25, 0.3) is 11.5 Å². The molecular weight excluding hydrogens is 504 g/mol. The number of hydrogen-bond donors (Lipinski definition) is 0. The van der Waals surface area contributed by atoms with Gasteiger partial charge in [0, 0.05) is 24.9 Å². The first-order valence-corrected chi connectivity index (χ1v) is 12.9. The van der Waals surface area contributed by atoms with E-state index >= 15 is 0 Å². The zero-order valence-corrected chi connectivity index (χ0v) is 21.3. The summed E-state index contributed by atoms with van der Waals surface area (Å²) in [5.74, 6) is -0.516. The highest BCUT2D eigenvalue weighted by atomic mass is 32.2. The molecule has 0 fully saturated rings. The van der Waals surface area contributed by atoms with Gasteiger partial charge in [-0.25, -0.2) is 13.8 Å². The van der Waals surface area contributed by atoms with Gasteiger partial charge >= 0.3 is 0 Å². The third-order valence-electron chi connectivity index (χ3n) is 6.06. The molecule has 0 spiro atoms. The quantitative estimate of drug-likeness (QED) is 0.186. The number of halogens is 2. The predicted molar refractivity (Wildman–Crippen MR) is 145 cm³/mol. The molecule has 0 bridgehead atoms. The van der Waals surface area contributed by atoms with Crippen molar-refractivity contribution in [3.63, 3.8) is 0 Å². The lowest BCUT2D eigenvalue weighted by Gasteiger charge is -2.18. The van der Waals surface area contributed by atoms with Crippen molar-refractivity contribution < 1.29 is 13.6 Å². The number of aromatic nitrogens is 2. The number of carbonyl (C=O) groups is 1. The number of rotatable bonds is 7. The highest BCUT2D eigenvalue weighted by Crippen LogP contribution is 2.26. The number of amides is 1. The minimum Gasteiger partial charge on any atom is -0.337 e. The largest absolute Gasteiger partial charge is 0.337 e. The fourth-order valence-corrected chi connectivity index (χ4v) is 5.06. The van der Waals surface area contributed by atoms with Crippen molar-refractivity contribution in [3.05, 3.63) is 136 Å². The zero-order chi connectivity index (χ0) is 26.6. The Morgan fingerprint density at radius 1 is 0.868 bits per heavy atom. The molecule has 0 radical (unpaired) electrons. The Hall–Kier alpha value is -4.30. The highest BCUT2D eigenvalue weighted by molar-refractivity contribution is 7.98. The molecule has 5 nitrogen and oxygen atoms in total. The lowest BCUT2D eigenvalue weighted by atomic mass is 10.1. The fraction of sp³-hybridized carbons (Fsp3) is 0.100. The van der Waals surface area contributed by atoms with Gasteiger partial charge in [0.15, 0.2) is 5.16 Å². The summed E-state index contributed by atoms with van der Waals surface area (Å²) < 4.78 is 28.4. The topological polar surface area (TPSA) is 55.2 Å². The molecule has 4 aromatic carbocycles. The summed E-state index contributed by atoms with van der Waals surface area (Å²) in [4.78, 5) is 33.1. The molecule has 0 N–H and O–H groups in total. The van der Waals surface area contributed by atoms with Gasteiger partial charge in [-0.3, -0.25) is 14.2 Å². The molecule has 0 atom stereocenters. The summed E-state index contributed by atoms with van der Waals surface area (Å²) in [5, 5.41) is 0.711. The highest BCUT2D eigenvalue weighted by Gasteiger charge is 2.18. The molecule has 0 saturated carbocycles. The van der Waals surface area contributed by atoms with E-state index in [0.29, 0.717) is 39.6 Å². The first-order valence-electron chi connectivity index (χ1n) is 11.9. The van der Waals surface area contributed by atoms with Crippen LogP contribution in [-0.4, -0.2) is 27.4 Å². The number of hydrogen-bond acceptors (Lipinski definition) is 4. The monoisotopic (exact) mass is 527 g/mol. The molecule has 5 aromatic rings. The molecule has 0 aliphatic heterocycles. The Morgan fingerprint density at radius 3 is 2.21 bits per heavy atom. The summed E-state index contributed by atoms with van der Waals surface area (Å²) in [6, 6.07) is 26.2. The van der Waals surface area contributed by atoms with Gasteiger partial charge < -0.3 is 4.90 Å². The van der Waals surface area contributed by atoms with E-state index in [-0.39, 0.29) is 17.3 Å². The molecule has 0 unspecified atom stereocenters. The van der Waals surface area contributed by atoms with Gasteiger partial charge in [0.1, 0.15) is 11.6 Å². The Morgan fingerprint density at radius 2 is 1.53 bits per heavy atom. The van der Waals surface area contributed by atoms with E-state index in [0.717, 1.165) is 11.1 Å². The van der Waals surface area contributed by atoms with Crippen LogP contribution in [0.5, 0.6) is 0 Å². The van der Waals surface area contributed by atoms with Crippen LogP contribution in [0, 0.1) is 11.6 Å². The maximum absolute atomic E-state index is 13.6. The number of carbonyl (C=O) groups excluding carboxylic acids is 1. The number of benzene rings is 4. The third kappa shape index (κ3) is 5.50. The van der Waals surface area contributed by atoms with Crippen LogP contribution < -0.4 is 5.56 Å². The minimum absolute atomic E-state index is 0.194. The van der Waals surface area contributed by atoms with Gasteiger partial charge in [-0.2, -0.15) is 0 Å². The SMILES string of the molecule is CN(Cc1ccccc1)C(=O)c1ccc2c(=O)n(-c3ccc(F)cc3)c(SCc3ccc(F)cc3)nc2c1. The van der Waals surface area contributed by atoms with E-state index in [1.807, 2.05) is 30.3 Å². The second-order valence-corrected chi connectivity index (χ2v) is 9.75. The average molecular weight is 528 g/mol. The Bertz CT molecular complexity index is 1650. The standard InChI is InChI=1S/C30H23F2N3O2S/c1-34(18-20-5-3-2-4-6-20)28(36)22-9-16-26-27(17-22)33-30(38-19-21-7-10-23(31)11-8-21)35(29(26)37)25-14-12-24(32)13-15-25/h2-17H,18-19H2,1H3. The van der Waals surface area contributed by atoms with Crippen molar-refractivity contribution in [1.29, 1.82) is 0 Å². The number of fused-ring (bicyclic) bond motifs is 1. The van der Waals surface area contributed by atoms with E-state index in [2.05, 4.69) is 0 Å². The molecule has 0 saturated heterocycles. The lowest BCUT2D eigenvalue weighted by molar-refractivity contribution is 0.0785. The molecule has 5 rings (SSSR count). The molecular formula is C30H23F2N3O2S. The molecule has 8 heteroatoms. The number of nitrogens with zero attached hydrogens (tertiary/aromatic N) is 3. The van der Waals surface area contributed by atoms with Gasteiger partial charge in [-0.05, 0) is 65.7 Å². The fourth-order valence-electron chi connectivity index (χ4n) is 4.09. The van der Waals surface area contributed by atoms with Crippen molar-refractivity contribution in [2.75, 3.05) is 7.05 Å². The first-order chi connectivity index (χ1) is 18.4. The van der Waals surface area contributed by atoms with Crippen LogP contribution in [-0.2, 0) is 12.3 Å². The first kappa shape index (κ1) is 25.4. The van der Waals surface area contributed by atoms with E-state index in [1.54, 1.807) is 42.3 Å². The Balaban J connectivity index is 1.53. The lowest BCUT2D eigenvalue weighted by Crippen LogP contribution is -2.26. The van der Waals surface area contributed by atoms with Crippen molar-refractivity contribution in [2.45, 2.75) is 17.5 Å². The summed E-state index contributed by atoms with van der Waals surface area (Å²) in [5.41, 5.74) is 2.78. The average Bonchev–Trinajstić information content (AvgIpc) is 2.93. The van der Waals surface area contributed by atoms with Gasteiger partial charge in [0.05, 0.1) is 16.6 Å². The molecule has 0 aliphatic rings. The molecule has 0 aliphatic carbocycles. The molecule has 1 heterocycles. The van der Waals surface area contributed by atoms with E-state index in [4.69, 9.17) is 4.98 Å². The summed E-state index contributed by atoms with van der Waals surface area (Å²) in [6.07, 6.45) is 0. The van der Waals surface area contributed by atoms with Crippen LogP contribution in [0.25, 0.3) is 16.6 Å². The van der Waals surface area contributed by atoms with Crippen molar-refractivity contribution in [2.24, 2.45) is 0 Å². The normalized spacial score (nSPS) is 11.0. The second kappa shape index (κ2) is 11.0. The number of thioether (sulfide) groups is 1. The van der Waals surface area contributed by atoms with Crippen molar-refractivity contribution in [1.82, 2.24) is 14.5 Å². The minimum atomic E-state index is -0.418. The summed E-state index contributed by atoms with van der Waals surface area (Å²) in [7, 11) is 1.73. The van der Waals surface area contributed by atoms with Gasteiger partial charge in [-0.1, -0.05) is 54.2 Å². The van der Waals surface area contributed by atoms with Gasteiger partial charge in [0.2, 0.25) is 0 Å². The maximum atomic E-state index is 13.6. The Kier molecular flexibility index (Phi) is 7.33. The zero-order valence-electron chi connectivity index (χ0n) is 20.5. The maximum Gasteiger partial charge on any atom is 0.266 e. The van der Waals surface area contributed by atoms with Crippen molar-refractivity contribution >= 4 is 28.6 Å². The van der Waals surface area contributed by atoms with E-state index in [9.17, 15) is 18.4 Å². The third-order valence-corrected chi connectivity index (χ3v) is 7.07. The second-order valence-electron chi connectivity index (χ2n) is 8.81. The molecule has 38 heavy (non-hydrogen) atoms. The summed E-state index contributed by atoms with van der Waals surface area (Å²) >= 11 is 1.30. The van der Waals surface area contributed by atoms with Crippen molar-refractivity contribution in [3.8, 4) is 5.69 Å². The van der Waals surface area contributed by atoms with Crippen LogP contribution in [0.15, 0.2) is 107 Å². The van der Waals surface area contributed by atoms with E-state index in [1.165, 1.54) is 52.7 Å². The van der Waals surface area contributed by atoms with Gasteiger partial charge in [-0.15, -0.1) is 0 Å². The molecule has 1 aromatic heterocycles. The molecule has 190 valence electrons. The molecule has 1 amide bonds. The van der Waals surface area contributed by atoms with Crippen LogP contribution >= 0.6 is 11.8 Å². The van der Waals surface area contributed by atoms with Crippen LogP contribution in [0.1, 0.15) is 21.5 Å². The predicted octanol–water partition coefficient (Wildman–Crippen LogP) is 6.23. The van der Waals surface area contributed by atoms with Crippen LogP contribution in [0.2, 0.25) is 0 Å². The van der Waals surface area contributed by atoms with Crippen LogP contribution in [0.4, 0.5) is 8.78 Å². The smallest absolute Gasteiger partial charge is 0.266 e. The summed E-state index contributed by atoms with van der Waals surface area (Å²) in [6.45, 7) is 0.441.